The third kappa shape index (κ3) is 6.43. The highest BCUT2D eigenvalue weighted by Crippen LogP contribution is 2.27. The van der Waals surface area contributed by atoms with Crippen LogP contribution in [0.4, 0.5) is 0 Å². The third-order valence-corrected chi connectivity index (χ3v) is 5.52. The zero-order valence-corrected chi connectivity index (χ0v) is 20.7. The van der Waals surface area contributed by atoms with Crippen molar-refractivity contribution in [1.29, 1.82) is 0 Å². The largest absolute Gasteiger partial charge is 0.493 e. The summed E-state index contributed by atoms with van der Waals surface area (Å²) in [6.45, 7) is -0.316. The van der Waals surface area contributed by atoms with Crippen molar-refractivity contribution in [1.82, 2.24) is 20.9 Å². The van der Waals surface area contributed by atoms with Gasteiger partial charge in [-0.1, -0.05) is 36.4 Å². The summed E-state index contributed by atoms with van der Waals surface area (Å²) in [5, 5.41) is 13.8. The number of amides is 3. The number of ether oxygens (including phenoxy) is 2. The van der Waals surface area contributed by atoms with E-state index in [1.807, 2.05) is 0 Å². The Kier molecular flexibility index (Phi) is 8.27. The van der Waals surface area contributed by atoms with Crippen LogP contribution in [0.25, 0.3) is 10.8 Å². The van der Waals surface area contributed by atoms with E-state index < -0.39 is 29.3 Å². The van der Waals surface area contributed by atoms with Gasteiger partial charge >= 0.3 is 0 Å². The lowest BCUT2D eigenvalue weighted by atomic mass is 10.0. The Hall–Kier alpha value is -5.52. The van der Waals surface area contributed by atoms with Crippen molar-refractivity contribution in [2.45, 2.75) is 6.04 Å². The predicted octanol–water partition coefficient (Wildman–Crippen LogP) is 1.42. The number of methoxy groups -OCH3 is 1. The first-order valence-electron chi connectivity index (χ1n) is 11.6. The average molecular weight is 529 g/mol. The van der Waals surface area contributed by atoms with Gasteiger partial charge in [-0.3, -0.25) is 19.2 Å². The maximum absolute atomic E-state index is 13.3. The average Bonchev–Trinajstić information content (AvgIpc) is 2.96. The van der Waals surface area contributed by atoms with Crippen molar-refractivity contribution in [3.8, 4) is 11.5 Å². The minimum atomic E-state index is -1.30. The van der Waals surface area contributed by atoms with Gasteiger partial charge in [0.15, 0.2) is 24.1 Å². The van der Waals surface area contributed by atoms with E-state index >= 15 is 0 Å². The van der Waals surface area contributed by atoms with Gasteiger partial charge in [0, 0.05) is 10.9 Å². The van der Waals surface area contributed by atoms with E-state index in [0.717, 1.165) is 0 Å². The van der Waals surface area contributed by atoms with Crippen molar-refractivity contribution in [3.05, 3.63) is 100.0 Å². The molecule has 0 radical (unpaired) electrons. The molecule has 0 spiro atoms. The minimum absolute atomic E-state index is 0.139. The maximum atomic E-state index is 13.3. The standard InChI is InChI=1S/C27H24N6O6/c1-38-21-13-16(11-12-20(21)39-15-22(28)34)14-29-32-27(37)24(30-25(35)17-7-3-2-4-8-17)23-18-9-5-6-10-19(18)26(36)33-31-23/h2-14,24H,15H2,1H3,(H2,28,34)(H,30,35)(H,32,37)(H,33,36)/t24-/m0/s1. The molecule has 1 atom stereocenters. The lowest BCUT2D eigenvalue weighted by Crippen LogP contribution is -2.40. The van der Waals surface area contributed by atoms with Crippen LogP contribution in [0.2, 0.25) is 0 Å². The van der Waals surface area contributed by atoms with Crippen molar-refractivity contribution in [2.75, 3.05) is 13.7 Å². The molecule has 39 heavy (non-hydrogen) atoms. The first-order valence-corrected chi connectivity index (χ1v) is 11.6. The summed E-state index contributed by atoms with van der Waals surface area (Å²) in [5.41, 5.74) is 8.09. The molecule has 0 fully saturated rings. The molecule has 198 valence electrons. The van der Waals surface area contributed by atoms with Crippen LogP contribution in [0.3, 0.4) is 0 Å². The second-order valence-electron chi connectivity index (χ2n) is 8.16. The Morgan fingerprint density at radius 2 is 1.74 bits per heavy atom. The van der Waals surface area contributed by atoms with Crippen molar-refractivity contribution >= 4 is 34.7 Å². The van der Waals surface area contributed by atoms with E-state index in [1.165, 1.54) is 13.3 Å². The highest BCUT2D eigenvalue weighted by atomic mass is 16.5. The van der Waals surface area contributed by atoms with Gasteiger partial charge in [-0.25, -0.2) is 10.5 Å². The van der Waals surface area contributed by atoms with Crippen molar-refractivity contribution < 1.29 is 23.9 Å². The third-order valence-electron chi connectivity index (χ3n) is 5.52. The molecule has 0 aliphatic rings. The molecule has 0 unspecified atom stereocenters. The fourth-order valence-electron chi connectivity index (χ4n) is 3.69. The lowest BCUT2D eigenvalue weighted by molar-refractivity contribution is -0.123. The minimum Gasteiger partial charge on any atom is -0.493 e. The number of aromatic amines is 1. The summed E-state index contributed by atoms with van der Waals surface area (Å²) in [6.07, 6.45) is 1.35. The number of H-pyrrole nitrogens is 1. The molecule has 12 nitrogen and oxygen atoms in total. The molecule has 3 amide bonds. The maximum Gasteiger partial charge on any atom is 0.272 e. The SMILES string of the molecule is COc1cc(C=NNC(=O)[C@@H](NC(=O)c2ccccc2)c2n[nH]c(=O)c3ccccc23)ccc1OCC(N)=O. The number of hydrogen-bond donors (Lipinski definition) is 4. The topological polar surface area (TPSA) is 178 Å². The summed E-state index contributed by atoms with van der Waals surface area (Å²) in [6, 6.07) is 18.4. The first-order chi connectivity index (χ1) is 18.9. The summed E-state index contributed by atoms with van der Waals surface area (Å²) >= 11 is 0. The molecule has 0 aliphatic heterocycles. The van der Waals surface area contributed by atoms with Crippen molar-refractivity contribution in [2.24, 2.45) is 10.8 Å². The monoisotopic (exact) mass is 528 g/mol. The Balaban J connectivity index is 1.60. The molecule has 5 N–H and O–H groups in total. The summed E-state index contributed by atoms with van der Waals surface area (Å²) < 4.78 is 10.6. The van der Waals surface area contributed by atoms with Gasteiger partial charge < -0.3 is 20.5 Å². The van der Waals surface area contributed by atoms with Crippen LogP contribution in [0.5, 0.6) is 11.5 Å². The molecule has 3 aromatic carbocycles. The number of fused-ring (bicyclic) bond motifs is 1. The highest BCUT2D eigenvalue weighted by molar-refractivity contribution is 5.99. The Bertz CT molecular complexity index is 1600. The van der Waals surface area contributed by atoms with E-state index in [4.69, 9.17) is 15.2 Å². The number of aromatic nitrogens is 2. The molecule has 4 aromatic rings. The van der Waals surface area contributed by atoms with Crippen LogP contribution in [-0.4, -0.2) is 47.9 Å². The Morgan fingerprint density at radius 3 is 2.46 bits per heavy atom. The van der Waals surface area contributed by atoms with E-state index in [1.54, 1.807) is 72.8 Å². The molecular formula is C27H24N6O6. The molecule has 12 heteroatoms. The molecule has 0 saturated carbocycles. The Labute approximate surface area is 221 Å². The normalized spacial score (nSPS) is 11.6. The molecule has 4 rings (SSSR count). The molecular weight excluding hydrogens is 504 g/mol. The predicted molar refractivity (Wildman–Crippen MR) is 142 cm³/mol. The van der Waals surface area contributed by atoms with Gasteiger partial charge in [0.2, 0.25) is 0 Å². The van der Waals surface area contributed by atoms with Gasteiger partial charge in [-0.15, -0.1) is 0 Å². The fraction of sp³-hybridized carbons (Fsp3) is 0.111. The second-order valence-corrected chi connectivity index (χ2v) is 8.16. The number of primary amides is 1. The number of nitrogens with zero attached hydrogens (tertiary/aromatic N) is 2. The lowest BCUT2D eigenvalue weighted by Gasteiger charge is -2.18. The van der Waals surface area contributed by atoms with Gasteiger partial charge in [-0.2, -0.15) is 10.2 Å². The molecule has 0 aliphatic carbocycles. The fourth-order valence-corrected chi connectivity index (χ4v) is 3.69. The van der Waals surface area contributed by atoms with E-state index in [9.17, 15) is 19.2 Å². The summed E-state index contributed by atoms with van der Waals surface area (Å²) in [7, 11) is 1.43. The number of carbonyl (C=O) groups is 3. The molecule has 1 aromatic heterocycles. The van der Waals surface area contributed by atoms with E-state index in [-0.39, 0.29) is 12.3 Å². The van der Waals surface area contributed by atoms with E-state index in [2.05, 4.69) is 26.0 Å². The first kappa shape index (κ1) is 26.5. The summed E-state index contributed by atoms with van der Waals surface area (Å²) in [5.74, 6) is -1.23. The van der Waals surface area contributed by atoms with Gasteiger partial charge in [0.1, 0.15) is 5.69 Å². The number of nitrogens with two attached hydrogens (primary N) is 1. The van der Waals surface area contributed by atoms with Crippen LogP contribution >= 0.6 is 0 Å². The van der Waals surface area contributed by atoms with Crippen LogP contribution in [0, 0.1) is 0 Å². The molecule has 0 saturated heterocycles. The number of carbonyl (C=O) groups excluding carboxylic acids is 3. The number of rotatable bonds is 10. The van der Waals surface area contributed by atoms with Gasteiger partial charge in [0.05, 0.1) is 18.7 Å². The van der Waals surface area contributed by atoms with Crippen LogP contribution in [-0.2, 0) is 9.59 Å². The van der Waals surface area contributed by atoms with Gasteiger partial charge in [0.25, 0.3) is 23.3 Å². The van der Waals surface area contributed by atoms with Crippen molar-refractivity contribution in [3.63, 3.8) is 0 Å². The summed E-state index contributed by atoms with van der Waals surface area (Å²) in [4.78, 5) is 49.5. The number of hydrogen-bond acceptors (Lipinski definition) is 8. The zero-order chi connectivity index (χ0) is 27.8. The molecule has 0 bridgehead atoms. The van der Waals surface area contributed by atoms with Crippen LogP contribution in [0.15, 0.2) is 82.7 Å². The smallest absolute Gasteiger partial charge is 0.272 e. The molecule has 1 heterocycles. The highest BCUT2D eigenvalue weighted by Gasteiger charge is 2.27. The van der Waals surface area contributed by atoms with Crippen LogP contribution < -0.4 is 31.5 Å². The number of hydrazone groups is 1. The van der Waals surface area contributed by atoms with Gasteiger partial charge in [-0.05, 0) is 42.0 Å². The quantitative estimate of drug-likeness (QED) is 0.178. The number of nitrogens with one attached hydrogen (secondary N) is 3. The van der Waals surface area contributed by atoms with Crippen LogP contribution in [0.1, 0.15) is 27.7 Å². The zero-order valence-electron chi connectivity index (χ0n) is 20.7. The Morgan fingerprint density at radius 1 is 1.03 bits per heavy atom. The number of benzene rings is 3. The second kappa shape index (κ2) is 12.1. The van der Waals surface area contributed by atoms with E-state index in [0.29, 0.717) is 33.4 Å².